The van der Waals surface area contributed by atoms with Crippen LogP contribution >= 0.6 is 11.6 Å². The zero-order chi connectivity index (χ0) is 9.26. The van der Waals surface area contributed by atoms with E-state index in [9.17, 15) is 0 Å². The lowest BCUT2D eigenvalue weighted by atomic mass is 10.3. The number of pyridine rings is 1. The molecule has 0 N–H and O–H groups in total. The van der Waals surface area contributed by atoms with Crippen molar-refractivity contribution in [2.45, 2.75) is 0 Å². The van der Waals surface area contributed by atoms with Gasteiger partial charge in [0.15, 0.2) is 0 Å². The molecule has 0 unspecified atom stereocenters. The minimum atomic E-state index is 0.224. The van der Waals surface area contributed by atoms with Crippen molar-refractivity contribution in [2.24, 2.45) is 0 Å². The van der Waals surface area contributed by atoms with Crippen LogP contribution in [0.4, 0.5) is 5.82 Å². The Morgan fingerprint density at radius 3 is 2.85 bits per heavy atom. The number of rotatable bonds is 0. The van der Waals surface area contributed by atoms with E-state index >= 15 is 0 Å². The van der Waals surface area contributed by atoms with E-state index in [4.69, 9.17) is 18.2 Å². The van der Waals surface area contributed by atoms with E-state index in [1.807, 2.05) is 0 Å². The molecule has 0 fully saturated rings. The number of fused-ring (bicyclic) bond motifs is 1. The van der Waals surface area contributed by atoms with Crippen LogP contribution in [-0.4, -0.2) is 15.2 Å². The Balaban J connectivity index is 2.77. The van der Waals surface area contributed by atoms with Crippen molar-refractivity contribution in [3.63, 3.8) is 0 Å². The average molecular weight is 191 g/mol. The van der Waals surface area contributed by atoms with Crippen molar-refractivity contribution in [3.05, 3.63) is 34.8 Å². The van der Waals surface area contributed by atoms with Crippen molar-refractivity contribution >= 4 is 28.5 Å². The molecule has 2 rings (SSSR count). The number of hydrogen-bond donors (Lipinski definition) is 0. The first kappa shape index (κ1) is 7.90. The molecule has 0 saturated carbocycles. The number of aromatic nitrogens is 3. The summed E-state index contributed by atoms with van der Waals surface area (Å²) in [6.45, 7) is 6.73. The van der Waals surface area contributed by atoms with Gasteiger partial charge in [0.25, 0.3) is 5.82 Å². The normalized spacial score (nSPS) is 9.85. The summed E-state index contributed by atoms with van der Waals surface area (Å²) in [6, 6.07) is 4.91. The van der Waals surface area contributed by atoms with E-state index in [0.29, 0.717) is 16.2 Å². The molecule has 0 bridgehead atoms. The molecule has 0 atom stereocenters. The Morgan fingerprint density at radius 1 is 1.23 bits per heavy atom. The predicted molar refractivity (Wildman–Crippen MR) is 48.6 cm³/mol. The maximum atomic E-state index is 6.73. The van der Waals surface area contributed by atoms with E-state index < -0.39 is 0 Å². The van der Waals surface area contributed by atoms with Crippen LogP contribution in [0.1, 0.15) is 0 Å². The Hall–Kier alpha value is -1.73. The molecular weight excluding hydrogens is 188 g/mol. The Labute approximate surface area is 79.0 Å². The highest BCUT2D eigenvalue weighted by Gasteiger charge is 2.01. The lowest BCUT2D eigenvalue weighted by molar-refractivity contribution is 1.09. The van der Waals surface area contributed by atoms with E-state index in [-0.39, 0.29) is 5.82 Å². The molecule has 4 nitrogen and oxygen atoms in total. The second-order valence-electron chi connectivity index (χ2n) is 2.35. The SMILES string of the molecule is [C-]#[N+]c1cc2nc(Cl)ccc2nn1. The molecule has 2 aromatic rings. The molecule has 0 aliphatic rings. The zero-order valence-corrected chi connectivity index (χ0v) is 7.15. The zero-order valence-electron chi connectivity index (χ0n) is 6.40. The van der Waals surface area contributed by atoms with Gasteiger partial charge in [0.2, 0.25) is 0 Å². The molecule has 0 spiro atoms. The van der Waals surface area contributed by atoms with Crippen molar-refractivity contribution in [1.82, 2.24) is 15.2 Å². The third kappa shape index (κ3) is 1.42. The fourth-order valence-corrected chi connectivity index (χ4v) is 1.10. The van der Waals surface area contributed by atoms with Gasteiger partial charge >= 0.3 is 0 Å². The highest BCUT2D eigenvalue weighted by molar-refractivity contribution is 6.29. The standard InChI is InChI=1S/C8H3ClN4/c1-10-8-4-6-5(12-13-8)2-3-7(9)11-6/h2-4H. The van der Waals surface area contributed by atoms with Gasteiger partial charge in [-0.25, -0.2) is 4.98 Å². The van der Waals surface area contributed by atoms with E-state index in [0.717, 1.165) is 0 Å². The molecule has 0 radical (unpaired) electrons. The molecule has 2 heterocycles. The molecule has 0 aliphatic carbocycles. The Morgan fingerprint density at radius 2 is 2.08 bits per heavy atom. The number of halogens is 1. The van der Waals surface area contributed by atoms with Crippen molar-refractivity contribution in [2.75, 3.05) is 0 Å². The highest BCUT2D eigenvalue weighted by atomic mass is 35.5. The minimum Gasteiger partial charge on any atom is -0.359 e. The van der Waals surface area contributed by atoms with Crippen LogP contribution in [0.3, 0.4) is 0 Å². The van der Waals surface area contributed by atoms with E-state index in [1.165, 1.54) is 0 Å². The summed E-state index contributed by atoms with van der Waals surface area (Å²) >= 11 is 5.68. The van der Waals surface area contributed by atoms with Crippen LogP contribution in [0.15, 0.2) is 18.2 Å². The van der Waals surface area contributed by atoms with Gasteiger partial charge in [-0.2, -0.15) is 0 Å². The topological polar surface area (TPSA) is 43.0 Å². The summed E-state index contributed by atoms with van der Waals surface area (Å²) in [5.41, 5.74) is 1.23. The lowest BCUT2D eigenvalue weighted by Gasteiger charge is -1.93. The minimum absolute atomic E-state index is 0.224. The third-order valence-corrected chi connectivity index (χ3v) is 1.72. The highest BCUT2D eigenvalue weighted by Crippen LogP contribution is 2.16. The number of hydrogen-bond acceptors (Lipinski definition) is 3. The smallest absolute Gasteiger partial charge is 0.298 e. The second kappa shape index (κ2) is 2.96. The van der Waals surface area contributed by atoms with Crippen LogP contribution in [0.25, 0.3) is 15.9 Å². The van der Waals surface area contributed by atoms with Crippen molar-refractivity contribution < 1.29 is 0 Å². The maximum absolute atomic E-state index is 6.73. The van der Waals surface area contributed by atoms with Crippen LogP contribution in [0.2, 0.25) is 5.15 Å². The van der Waals surface area contributed by atoms with Gasteiger partial charge in [0.05, 0.1) is 5.52 Å². The lowest BCUT2D eigenvalue weighted by Crippen LogP contribution is -1.85. The quantitative estimate of drug-likeness (QED) is 0.473. The molecule has 62 valence electrons. The van der Waals surface area contributed by atoms with Gasteiger partial charge in [-0.15, -0.1) is 0 Å². The molecule has 5 heteroatoms. The second-order valence-corrected chi connectivity index (χ2v) is 2.74. The largest absolute Gasteiger partial charge is 0.359 e. The first-order valence-corrected chi connectivity index (χ1v) is 3.85. The van der Waals surface area contributed by atoms with Gasteiger partial charge in [-0.1, -0.05) is 23.3 Å². The fraction of sp³-hybridized carbons (Fsp3) is 0. The molecular formula is C8H3ClN4. The van der Waals surface area contributed by atoms with Crippen LogP contribution in [0.5, 0.6) is 0 Å². The maximum Gasteiger partial charge on any atom is 0.298 e. The van der Waals surface area contributed by atoms with Gasteiger partial charge in [-0.3, -0.25) is 0 Å². The Kier molecular flexibility index (Phi) is 1.80. The van der Waals surface area contributed by atoms with Crippen LogP contribution in [0, 0.1) is 6.57 Å². The number of nitrogens with zero attached hydrogens (tertiary/aromatic N) is 4. The Bertz CT molecular complexity index is 503. The summed E-state index contributed by atoms with van der Waals surface area (Å²) in [7, 11) is 0. The molecule has 13 heavy (non-hydrogen) atoms. The summed E-state index contributed by atoms with van der Waals surface area (Å²) in [6.07, 6.45) is 0. The molecule has 0 aliphatic heterocycles. The molecule has 0 saturated heterocycles. The first-order chi connectivity index (χ1) is 6.29. The fourth-order valence-electron chi connectivity index (χ4n) is 0.944. The molecule has 0 amide bonds. The van der Waals surface area contributed by atoms with E-state index in [2.05, 4.69) is 20.0 Å². The predicted octanol–water partition coefficient (Wildman–Crippen LogP) is 2.23. The van der Waals surface area contributed by atoms with Gasteiger partial charge in [0.1, 0.15) is 10.7 Å². The van der Waals surface area contributed by atoms with Crippen molar-refractivity contribution in [1.29, 1.82) is 0 Å². The average Bonchev–Trinajstić information content (AvgIpc) is 2.16. The molecule has 2 aromatic heterocycles. The van der Waals surface area contributed by atoms with Crippen LogP contribution in [-0.2, 0) is 0 Å². The van der Waals surface area contributed by atoms with E-state index in [1.54, 1.807) is 18.2 Å². The molecule has 0 aromatic carbocycles. The van der Waals surface area contributed by atoms with Gasteiger partial charge in [-0.05, 0) is 23.3 Å². The summed E-state index contributed by atoms with van der Waals surface area (Å²) < 4.78 is 0. The van der Waals surface area contributed by atoms with Crippen LogP contribution < -0.4 is 0 Å². The summed E-state index contributed by atoms with van der Waals surface area (Å²) in [5, 5.41) is 7.86. The summed E-state index contributed by atoms with van der Waals surface area (Å²) in [5.74, 6) is 0.224. The van der Waals surface area contributed by atoms with Gasteiger partial charge < -0.3 is 4.85 Å². The first-order valence-electron chi connectivity index (χ1n) is 3.47. The van der Waals surface area contributed by atoms with Crippen molar-refractivity contribution in [3.8, 4) is 0 Å². The third-order valence-electron chi connectivity index (χ3n) is 1.51. The summed E-state index contributed by atoms with van der Waals surface area (Å²) in [4.78, 5) is 7.15. The van der Waals surface area contributed by atoms with Gasteiger partial charge in [0, 0.05) is 0 Å². The monoisotopic (exact) mass is 190 g/mol.